The van der Waals surface area contributed by atoms with Crippen molar-refractivity contribution in [1.29, 1.82) is 0 Å². The van der Waals surface area contributed by atoms with Crippen molar-refractivity contribution in [3.63, 3.8) is 0 Å². The van der Waals surface area contributed by atoms with Gasteiger partial charge in [0.15, 0.2) is 0 Å². The van der Waals surface area contributed by atoms with Gasteiger partial charge in [-0.05, 0) is 13.5 Å². The van der Waals surface area contributed by atoms with E-state index in [1.807, 2.05) is 13.8 Å². The molecule has 0 aromatic carbocycles. The van der Waals surface area contributed by atoms with Crippen LogP contribution in [-0.2, 0) is 18.9 Å². The van der Waals surface area contributed by atoms with Gasteiger partial charge in [-0.2, -0.15) is 0 Å². The molecule has 2 unspecified atom stereocenters. The van der Waals surface area contributed by atoms with Crippen LogP contribution < -0.4 is 5.09 Å². The molecule has 0 rings (SSSR count). The summed E-state index contributed by atoms with van der Waals surface area (Å²) in [4.78, 5) is 22.9. The van der Waals surface area contributed by atoms with Crippen LogP contribution in [-0.4, -0.2) is 43.0 Å². The maximum absolute atomic E-state index is 12.6. The molecule has 0 saturated heterocycles. The SMILES string of the molecule is CCC(C)SP(=O)(NC)N(C)C(=O)CCC(=O)OC. The standard InChI is InChI=1S/C11H23N2O4PS/c1-6-9(2)19-18(16,12-3)13(4)10(14)7-8-11(15)17-5/h9H,6-8H2,1-5H3,(H,12,16). The van der Waals surface area contributed by atoms with Crippen LogP contribution >= 0.6 is 18.0 Å². The molecule has 0 radical (unpaired) electrons. The summed E-state index contributed by atoms with van der Waals surface area (Å²) in [7, 11) is 4.33. The molecule has 0 aromatic heterocycles. The third-order valence-electron chi connectivity index (χ3n) is 2.71. The molecule has 1 amide bonds. The van der Waals surface area contributed by atoms with E-state index < -0.39 is 12.6 Å². The van der Waals surface area contributed by atoms with Crippen LogP contribution in [0.5, 0.6) is 0 Å². The molecule has 0 bridgehead atoms. The highest BCUT2D eigenvalue weighted by atomic mass is 32.7. The predicted molar refractivity (Wildman–Crippen MR) is 78.0 cm³/mol. The Kier molecular flexibility index (Phi) is 8.38. The predicted octanol–water partition coefficient (Wildman–Crippen LogP) is 2.26. The molecule has 0 heterocycles. The summed E-state index contributed by atoms with van der Waals surface area (Å²) in [5, 5.41) is 2.91. The second-order valence-electron chi connectivity index (χ2n) is 4.06. The van der Waals surface area contributed by atoms with E-state index >= 15 is 0 Å². The smallest absolute Gasteiger partial charge is 0.306 e. The van der Waals surface area contributed by atoms with Crippen LogP contribution in [0.4, 0.5) is 0 Å². The zero-order chi connectivity index (χ0) is 15.1. The van der Waals surface area contributed by atoms with Crippen molar-refractivity contribution in [2.45, 2.75) is 38.4 Å². The van der Waals surface area contributed by atoms with Gasteiger partial charge >= 0.3 is 5.97 Å². The van der Waals surface area contributed by atoms with Crippen LogP contribution in [0.1, 0.15) is 33.1 Å². The highest BCUT2D eigenvalue weighted by Gasteiger charge is 2.32. The first-order valence-corrected chi connectivity index (χ1v) is 9.26. The third kappa shape index (κ3) is 5.97. The molecule has 0 aliphatic heterocycles. The minimum atomic E-state index is -2.99. The highest BCUT2D eigenvalue weighted by molar-refractivity contribution is 8.57. The number of nitrogens with one attached hydrogen (secondary N) is 1. The van der Waals surface area contributed by atoms with Gasteiger partial charge in [-0.15, -0.1) is 0 Å². The molecule has 0 spiro atoms. The Morgan fingerprint density at radius 3 is 2.42 bits per heavy atom. The van der Waals surface area contributed by atoms with Crippen molar-refractivity contribution in [2.75, 3.05) is 21.2 Å². The first-order valence-electron chi connectivity index (χ1n) is 6.12. The van der Waals surface area contributed by atoms with Crippen LogP contribution in [0.15, 0.2) is 0 Å². The number of esters is 1. The van der Waals surface area contributed by atoms with Crippen molar-refractivity contribution in [3.05, 3.63) is 0 Å². The molecular weight excluding hydrogens is 287 g/mol. The Balaban J connectivity index is 4.64. The molecular formula is C11H23N2O4PS. The lowest BCUT2D eigenvalue weighted by molar-refractivity contribution is -0.142. The molecule has 6 nitrogen and oxygen atoms in total. The fourth-order valence-electron chi connectivity index (χ4n) is 1.21. The first-order chi connectivity index (χ1) is 8.80. The van der Waals surface area contributed by atoms with E-state index in [1.165, 1.54) is 30.2 Å². The third-order valence-corrected chi connectivity index (χ3v) is 8.48. The fraction of sp³-hybridized carbons (Fsp3) is 0.818. The zero-order valence-electron chi connectivity index (χ0n) is 12.1. The van der Waals surface area contributed by atoms with Gasteiger partial charge in [-0.3, -0.25) is 18.8 Å². The molecule has 19 heavy (non-hydrogen) atoms. The lowest BCUT2D eigenvalue weighted by atomic mass is 10.3. The van der Waals surface area contributed by atoms with Crippen molar-refractivity contribution in [2.24, 2.45) is 0 Å². The highest BCUT2D eigenvalue weighted by Crippen LogP contribution is 2.59. The minimum absolute atomic E-state index is 0.00259. The number of methoxy groups -OCH3 is 1. The Morgan fingerprint density at radius 1 is 1.42 bits per heavy atom. The first kappa shape index (κ1) is 18.5. The lowest BCUT2D eigenvalue weighted by Crippen LogP contribution is -2.28. The maximum Gasteiger partial charge on any atom is 0.306 e. The number of amides is 1. The van der Waals surface area contributed by atoms with Gasteiger partial charge in [0.25, 0.3) is 6.65 Å². The van der Waals surface area contributed by atoms with Crippen molar-refractivity contribution in [1.82, 2.24) is 9.76 Å². The lowest BCUT2D eigenvalue weighted by Gasteiger charge is -2.28. The number of carbonyl (C=O) groups excluding carboxylic acids is 2. The van der Waals surface area contributed by atoms with E-state index in [0.717, 1.165) is 6.42 Å². The summed E-state index contributed by atoms with van der Waals surface area (Å²) in [5.74, 6) is -0.783. The van der Waals surface area contributed by atoms with Gasteiger partial charge < -0.3 is 4.74 Å². The average Bonchev–Trinajstić information content (AvgIpc) is 2.42. The molecule has 0 saturated carbocycles. The van der Waals surface area contributed by atoms with Crippen molar-refractivity contribution < 1.29 is 18.9 Å². The summed E-state index contributed by atoms with van der Waals surface area (Å²) in [6.45, 7) is 0.966. The van der Waals surface area contributed by atoms with E-state index in [9.17, 15) is 14.2 Å². The van der Waals surface area contributed by atoms with E-state index in [0.29, 0.717) is 0 Å². The van der Waals surface area contributed by atoms with E-state index in [2.05, 4.69) is 9.82 Å². The Labute approximate surface area is 118 Å². The van der Waals surface area contributed by atoms with Crippen LogP contribution in [0.3, 0.4) is 0 Å². The minimum Gasteiger partial charge on any atom is -0.469 e. The van der Waals surface area contributed by atoms with Gasteiger partial charge in [0.1, 0.15) is 0 Å². The van der Waals surface area contributed by atoms with E-state index in [4.69, 9.17) is 0 Å². The topological polar surface area (TPSA) is 75.7 Å². The number of rotatable bonds is 8. The molecule has 112 valence electrons. The monoisotopic (exact) mass is 310 g/mol. The molecule has 8 heteroatoms. The van der Waals surface area contributed by atoms with E-state index in [-0.39, 0.29) is 24.0 Å². The molecule has 2 atom stereocenters. The normalized spacial score (nSPS) is 15.4. The molecule has 0 aliphatic carbocycles. The molecule has 0 aromatic rings. The average molecular weight is 310 g/mol. The Bertz CT molecular complexity index is 365. The quantitative estimate of drug-likeness (QED) is 0.547. The summed E-state index contributed by atoms with van der Waals surface area (Å²) in [6, 6.07) is 0. The van der Waals surface area contributed by atoms with Crippen LogP contribution in [0.25, 0.3) is 0 Å². The Morgan fingerprint density at radius 2 is 2.00 bits per heavy atom. The molecule has 0 fully saturated rings. The summed E-state index contributed by atoms with van der Waals surface area (Å²) in [5.41, 5.74) is 0. The second kappa shape index (κ2) is 8.61. The number of carbonyl (C=O) groups is 2. The molecule has 0 aliphatic rings. The number of ether oxygens (including phenoxy) is 1. The number of hydrogen-bond donors (Lipinski definition) is 1. The largest absolute Gasteiger partial charge is 0.469 e. The van der Waals surface area contributed by atoms with Crippen molar-refractivity contribution in [3.8, 4) is 0 Å². The van der Waals surface area contributed by atoms with Crippen LogP contribution in [0, 0.1) is 0 Å². The molecule has 1 N–H and O–H groups in total. The zero-order valence-corrected chi connectivity index (χ0v) is 13.8. The Hall–Kier alpha value is -0.520. The summed E-state index contributed by atoms with van der Waals surface area (Å²) >= 11 is 1.26. The summed E-state index contributed by atoms with van der Waals surface area (Å²) in [6.07, 6.45) is 0.855. The maximum atomic E-state index is 12.6. The number of nitrogens with zero attached hydrogens (tertiary/aromatic N) is 1. The van der Waals surface area contributed by atoms with Crippen LogP contribution in [0.2, 0.25) is 0 Å². The van der Waals surface area contributed by atoms with Gasteiger partial charge in [-0.25, -0.2) is 5.09 Å². The van der Waals surface area contributed by atoms with E-state index in [1.54, 1.807) is 7.05 Å². The second-order valence-corrected chi connectivity index (χ2v) is 9.28. The summed E-state index contributed by atoms with van der Waals surface area (Å²) < 4.78 is 18.3. The van der Waals surface area contributed by atoms with Gasteiger partial charge in [0, 0.05) is 18.7 Å². The number of hydrogen-bond acceptors (Lipinski definition) is 5. The van der Waals surface area contributed by atoms with Gasteiger partial charge in [0.2, 0.25) is 5.91 Å². The van der Waals surface area contributed by atoms with Crippen molar-refractivity contribution >= 4 is 29.9 Å². The fourth-order valence-corrected chi connectivity index (χ4v) is 5.71. The van der Waals surface area contributed by atoms with Gasteiger partial charge in [-0.1, -0.05) is 25.2 Å². The van der Waals surface area contributed by atoms with Gasteiger partial charge in [0.05, 0.1) is 13.5 Å².